The maximum Gasteiger partial charge on any atom is 0.324 e. The highest BCUT2D eigenvalue weighted by Gasteiger charge is 2.18. The van der Waals surface area contributed by atoms with Crippen molar-refractivity contribution in [3.05, 3.63) is 35.9 Å². The smallest absolute Gasteiger partial charge is 0.322 e. The summed E-state index contributed by atoms with van der Waals surface area (Å²) in [6, 6.07) is 8.41. The zero-order chi connectivity index (χ0) is 12.1. The lowest BCUT2D eigenvalue weighted by atomic mass is 10.2. The third-order valence-electron chi connectivity index (χ3n) is 2.66. The Bertz CT molecular complexity index is 399. The lowest BCUT2D eigenvalue weighted by molar-refractivity contribution is 0.0950. The molecule has 0 unspecified atom stereocenters. The van der Waals surface area contributed by atoms with Crippen molar-refractivity contribution >= 4 is 11.9 Å². The second-order valence-electron chi connectivity index (χ2n) is 3.86. The molecular formula is C12H15N3O2. The molecule has 1 aliphatic heterocycles. The second-order valence-corrected chi connectivity index (χ2v) is 3.86. The van der Waals surface area contributed by atoms with Gasteiger partial charge in [-0.25, -0.2) is 4.79 Å². The molecule has 90 valence electrons. The van der Waals surface area contributed by atoms with Crippen LogP contribution in [-0.4, -0.2) is 43.0 Å². The number of benzene rings is 1. The molecule has 5 heteroatoms. The number of piperazine rings is 1. The van der Waals surface area contributed by atoms with E-state index in [1.165, 1.54) is 0 Å². The Morgan fingerprint density at radius 3 is 2.41 bits per heavy atom. The van der Waals surface area contributed by atoms with E-state index in [9.17, 15) is 9.59 Å². The van der Waals surface area contributed by atoms with Crippen LogP contribution in [0.5, 0.6) is 0 Å². The third-order valence-corrected chi connectivity index (χ3v) is 2.66. The first-order valence-corrected chi connectivity index (χ1v) is 5.63. The van der Waals surface area contributed by atoms with E-state index in [1.807, 2.05) is 6.07 Å². The minimum Gasteiger partial charge on any atom is -0.322 e. The number of hydrogen-bond donors (Lipinski definition) is 2. The predicted molar refractivity (Wildman–Crippen MR) is 63.7 cm³/mol. The van der Waals surface area contributed by atoms with Crippen molar-refractivity contribution < 1.29 is 9.59 Å². The monoisotopic (exact) mass is 233 g/mol. The summed E-state index contributed by atoms with van der Waals surface area (Å²) < 4.78 is 0. The first-order valence-electron chi connectivity index (χ1n) is 5.63. The summed E-state index contributed by atoms with van der Waals surface area (Å²) in [6.45, 7) is 2.81. The van der Waals surface area contributed by atoms with E-state index < -0.39 is 0 Å². The van der Waals surface area contributed by atoms with Crippen molar-refractivity contribution in [3.63, 3.8) is 0 Å². The number of urea groups is 1. The van der Waals surface area contributed by atoms with E-state index in [4.69, 9.17) is 0 Å². The van der Waals surface area contributed by atoms with Crippen LogP contribution in [0.15, 0.2) is 30.3 Å². The number of nitrogens with zero attached hydrogens (tertiary/aromatic N) is 1. The number of carbonyl (C=O) groups is 2. The fourth-order valence-corrected chi connectivity index (χ4v) is 1.71. The predicted octanol–water partition coefficient (Wildman–Crippen LogP) is 0.442. The summed E-state index contributed by atoms with van der Waals surface area (Å²) in [6.07, 6.45) is 0. The molecule has 1 heterocycles. The molecule has 0 bridgehead atoms. The van der Waals surface area contributed by atoms with E-state index in [1.54, 1.807) is 29.2 Å². The van der Waals surface area contributed by atoms with E-state index in [0.29, 0.717) is 18.7 Å². The van der Waals surface area contributed by atoms with E-state index in [-0.39, 0.29) is 11.9 Å². The van der Waals surface area contributed by atoms with Crippen LogP contribution in [0.3, 0.4) is 0 Å². The Labute approximate surface area is 99.8 Å². The molecule has 5 nitrogen and oxygen atoms in total. The van der Waals surface area contributed by atoms with Gasteiger partial charge in [0.15, 0.2) is 0 Å². The third kappa shape index (κ3) is 3.04. The van der Waals surface area contributed by atoms with E-state index in [2.05, 4.69) is 10.6 Å². The number of amides is 3. The van der Waals surface area contributed by atoms with Gasteiger partial charge in [-0.2, -0.15) is 0 Å². The van der Waals surface area contributed by atoms with Gasteiger partial charge in [0.25, 0.3) is 5.91 Å². The number of carbonyl (C=O) groups excluding carboxylic acids is 2. The quantitative estimate of drug-likeness (QED) is 0.740. The van der Waals surface area contributed by atoms with Gasteiger partial charge in [0.1, 0.15) is 0 Å². The van der Waals surface area contributed by atoms with Crippen LogP contribution in [0.2, 0.25) is 0 Å². The number of nitrogens with one attached hydrogen (secondary N) is 2. The second kappa shape index (κ2) is 5.45. The van der Waals surface area contributed by atoms with Crippen LogP contribution in [0.1, 0.15) is 10.4 Å². The van der Waals surface area contributed by atoms with Gasteiger partial charge < -0.3 is 10.2 Å². The Hall–Kier alpha value is -1.88. The van der Waals surface area contributed by atoms with Crippen LogP contribution in [0.25, 0.3) is 0 Å². The molecule has 17 heavy (non-hydrogen) atoms. The largest absolute Gasteiger partial charge is 0.324 e. The topological polar surface area (TPSA) is 61.4 Å². The molecule has 0 radical (unpaired) electrons. The van der Waals surface area contributed by atoms with Gasteiger partial charge in [-0.05, 0) is 12.1 Å². The fraction of sp³-hybridized carbons (Fsp3) is 0.333. The van der Waals surface area contributed by atoms with Crippen LogP contribution in [-0.2, 0) is 0 Å². The van der Waals surface area contributed by atoms with Gasteiger partial charge in [-0.15, -0.1) is 0 Å². The summed E-state index contributed by atoms with van der Waals surface area (Å²) >= 11 is 0. The molecule has 1 saturated heterocycles. The van der Waals surface area contributed by atoms with Crippen molar-refractivity contribution in [2.24, 2.45) is 0 Å². The van der Waals surface area contributed by atoms with E-state index >= 15 is 0 Å². The number of imide groups is 1. The maximum absolute atomic E-state index is 11.7. The highest BCUT2D eigenvalue weighted by Crippen LogP contribution is 1.99. The molecule has 1 aliphatic rings. The zero-order valence-corrected chi connectivity index (χ0v) is 9.48. The Balaban J connectivity index is 1.92. The van der Waals surface area contributed by atoms with Crippen LogP contribution in [0.4, 0.5) is 4.79 Å². The van der Waals surface area contributed by atoms with Crippen molar-refractivity contribution in [2.75, 3.05) is 26.2 Å². The molecule has 0 atom stereocenters. The average molecular weight is 233 g/mol. The van der Waals surface area contributed by atoms with Gasteiger partial charge in [0.2, 0.25) is 0 Å². The number of rotatable bonds is 1. The van der Waals surface area contributed by atoms with E-state index in [0.717, 1.165) is 13.1 Å². The lowest BCUT2D eigenvalue weighted by Gasteiger charge is -2.27. The Morgan fingerprint density at radius 2 is 1.76 bits per heavy atom. The molecule has 0 saturated carbocycles. The summed E-state index contributed by atoms with van der Waals surface area (Å²) in [4.78, 5) is 25.1. The molecule has 1 aromatic rings. The van der Waals surface area contributed by atoms with Gasteiger partial charge in [0, 0.05) is 31.7 Å². The van der Waals surface area contributed by atoms with Gasteiger partial charge in [-0.1, -0.05) is 18.2 Å². The lowest BCUT2D eigenvalue weighted by Crippen LogP contribution is -2.51. The van der Waals surface area contributed by atoms with Crippen LogP contribution >= 0.6 is 0 Å². The normalized spacial score (nSPS) is 15.4. The molecule has 0 spiro atoms. The fourth-order valence-electron chi connectivity index (χ4n) is 1.71. The summed E-state index contributed by atoms with van der Waals surface area (Å²) in [5.74, 6) is -0.353. The molecule has 1 fully saturated rings. The molecule has 1 aromatic carbocycles. The maximum atomic E-state index is 11.7. The van der Waals surface area contributed by atoms with Crippen molar-refractivity contribution in [2.45, 2.75) is 0 Å². The van der Waals surface area contributed by atoms with Gasteiger partial charge in [-0.3, -0.25) is 10.1 Å². The summed E-state index contributed by atoms with van der Waals surface area (Å²) in [7, 11) is 0. The molecule has 2 rings (SSSR count). The molecule has 2 N–H and O–H groups in total. The molecule has 3 amide bonds. The zero-order valence-electron chi connectivity index (χ0n) is 9.48. The van der Waals surface area contributed by atoms with Crippen LogP contribution < -0.4 is 10.6 Å². The summed E-state index contributed by atoms with van der Waals surface area (Å²) in [5.41, 5.74) is 0.496. The van der Waals surface area contributed by atoms with Crippen molar-refractivity contribution in [1.82, 2.24) is 15.5 Å². The van der Waals surface area contributed by atoms with Gasteiger partial charge >= 0.3 is 6.03 Å². The van der Waals surface area contributed by atoms with Crippen LogP contribution in [0, 0.1) is 0 Å². The number of hydrogen-bond acceptors (Lipinski definition) is 3. The van der Waals surface area contributed by atoms with Crippen molar-refractivity contribution in [1.29, 1.82) is 0 Å². The first kappa shape index (κ1) is 11.6. The van der Waals surface area contributed by atoms with Crippen molar-refractivity contribution in [3.8, 4) is 0 Å². The Kier molecular flexibility index (Phi) is 3.72. The average Bonchev–Trinajstić information content (AvgIpc) is 2.40. The standard InChI is InChI=1S/C12H15N3O2/c16-11(10-4-2-1-3-5-10)14-12(17)15-8-6-13-7-9-15/h1-5,13H,6-9H2,(H,14,16,17). The first-order chi connectivity index (χ1) is 8.27. The van der Waals surface area contributed by atoms with Gasteiger partial charge in [0.05, 0.1) is 0 Å². The minimum atomic E-state index is -0.353. The molecular weight excluding hydrogens is 218 g/mol. The minimum absolute atomic E-state index is 0.319. The molecule has 0 aromatic heterocycles. The summed E-state index contributed by atoms with van der Waals surface area (Å²) in [5, 5.41) is 5.53. The Morgan fingerprint density at radius 1 is 1.12 bits per heavy atom. The highest BCUT2D eigenvalue weighted by molar-refractivity contribution is 6.04. The molecule has 0 aliphatic carbocycles. The highest BCUT2D eigenvalue weighted by atomic mass is 16.2. The SMILES string of the molecule is O=C(NC(=O)N1CCNCC1)c1ccccc1.